The topological polar surface area (TPSA) is 30.5 Å². The second-order valence-corrected chi connectivity index (χ2v) is 4.30. The zero-order valence-corrected chi connectivity index (χ0v) is 11.5. The first-order chi connectivity index (χ1) is 9.15. The van der Waals surface area contributed by atoms with Crippen molar-refractivity contribution in [2.75, 3.05) is 40.0 Å². The average molecular weight is 273 g/mol. The minimum absolute atomic E-state index is 0.324. The van der Waals surface area contributed by atoms with Gasteiger partial charge in [0.15, 0.2) is 0 Å². The van der Waals surface area contributed by atoms with Gasteiger partial charge in [0.1, 0.15) is 11.6 Å². The zero-order valence-electron chi connectivity index (χ0n) is 11.5. The Bertz CT molecular complexity index is 386. The Labute approximate surface area is 112 Å². The fourth-order valence-electron chi connectivity index (χ4n) is 1.61. The fraction of sp³-hybridized carbons (Fsp3) is 0.571. The van der Waals surface area contributed by atoms with E-state index in [1.807, 2.05) is 0 Å². The molecule has 0 saturated heterocycles. The van der Waals surface area contributed by atoms with Crippen LogP contribution in [0.15, 0.2) is 12.1 Å². The van der Waals surface area contributed by atoms with E-state index >= 15 is 0 Å². The first-order valence-corrected chi connectivity index (χ1v) is 6.37. The van der Waals surface area contributed by atoms with Gasteiger partial charge in [-0.2, -0.15) is 0 Å². The smallest absolute Gasteiger partial charge is 0.126 e. The van der Waals surface area contributed by atoms with Gasteiger partial charge in [-0.15, -0.1) is 0 Å². The third-order valence-electron chi connectivity index (χ3n) is 2.75. The van der Waals surface area contributed by atoms with Crippen molar-refractivity contribution in [2.45, 2.75) is 13.3 Å². The average Bonchev–Trinajstić information content (AvgIpc) is 2.38. The third-order valence-corrected chi connectivity index (χ3v) is 2.75. The van der Waals surface area contributed by atoms with E-state index in [0.717, 1.165) is 6.54 Å². The van der Waals surface area contributed by atoms with Crippen molar-refractivity contribution < 1.29 is 18.3 Å². The van der Waals surface area contributed by atoms with E-state index in [-0.39, 0.29) is 11.6 Å². The standard InChI is InChI=1S/C14H21F2NO2/c1-11-9-14(16)12(10-13(11)15)3-6-19-8-5-17-4-7-18-2/h9-10,17H,3-8H2,1-2H3. The first kappa shape index (κ1) is 16.0. The summed E-state index contributed by atoms with van der Waals surface area (Å²) in [5, 5.41) is 3.13. The summed E-state index contributed by atoms with van der Waals surface area (Å²) in [7, 11) is 1.65. The molecule has 108 valence electrons. The normalized spacial score (nSPS) is 10.9. The van der Waals surface area contributed by atoms with Crippen molar-refractivity contribution in [3.63, 3.8) is 0 Å². The van der Waals surface area contributed by atoms with Gasteiger partial charge in [0.2, 0.25) is 0 Å². The highest BCUT2D eigenvalue weighted by Gasteiger charge is 2.06. The molecule has 0 aromatic heterocycles. The maximum atomic E-state index is 13.5. The van der Waals surface area contributed by atoms with E-state index in [0.29, 0.717) is 43.9 Å². The number of rotatable bonds is 9. The molecule has 0 spiro atoms. The molecule has 3 nitrogen and oxygen atoms in total. The highest BCUT2D eigenvalue weighted by molar-refractivity contribution is 5.25. The molecular weight excluding hydrogens is 252 g/mol. The van der Waals surface area contributed by atoms with Crippen LogP contribution in [0, 0.1) is 18.6 Å². The molecule has 1 aromatic carbocycles. The minimum atomic E-state index is -0.377. The van der Waals surface area contributed by atoms with Crippen LogP contribution >= 0.6 is 0 Å². The molecule has 0 aliphatic heterocycles. The number of hydrogen-bond donors (Lipinski definition) is 1. The molecule has 0 unspecified atom stereocenters. The first-order valence-electron chi connectivity index (χ1n) is 6.37. The summed E-state index contributed by atoms with van der Waals surface area (Å²) in [6, 6.07) is 2.46. The Balaban J connectivity index is 2.17. The maximum absolute atomic E-state index is 13.5. The van der Waals surface area contributed by atoms with Crippen molar-refractivity contribution in [2.24, 2.45) is 0 Å². The Kier molecular flexibility index (Phi) is 7.55. The molecule has 0 amide bonds. The Morgan fingerprint density at radius 2 is 1.79 bits per heavy atom. The summed E-state index contributed by atoms with van der Waals surface area (Å²) in [5.74, 6) is -0.752. The molecule has 0 aliphatic rings. The fourth-order valence-corrected chi connectivity index (χ4v) is 1.61. The van der Waals surface area contributed by atoms with E-state index < -0.39 is 0 Å². The van der Waals surface area contributed by atoms with Gasteiger partial charge in [-0.3, -0.25) is 0 Å². The number of methoxy groups -OCH3 is 1. The van der Waals surface area contributed by atoms with Gasteiger partial charge in [0.05, 0.1) is 19.8 Å². The van der Waals surface area contributed by atoms with Crippen LogP contribution in [0.1, 0.15) is 11.1 Å². The van der Waals surface area contributed by atoms with Crippen LogP contribution < -0.4 is 5.32 Å². The zero-order chi connectivity index (χ0) is 14.1. The van der Waals surface area contributed by atoms with Crippen LogP contribution in [0.2, 0.25) is 0 Å². The van der Waals surface area contributed by atoms with Gasteiger partial charge < -0.3 is 14.8 Å². The number of benzene rings is 1. The molecule has 0 fully saturated rings. The SMILES string of the molecule is COCCNCCOCCc1cc(F)c(C)cc1F. The molecule has 19 heavy (non-hydrogen) atoms. The number of ether oxygens (including phenoxy) is 2. The number of aryl methyl sites for hydroxylation is 1. The van der Waals surface area contributed by atoms with Crippen LogP contribution in [0.3, 0.4) is 0 Å². The Morgan fingerprint density at radius 3 is 2.53 bits per heavy atom. The van der Waals surface area contributed by atoms with Gasteiger partial charge in [-0.05, 0) is 36.6 Å². The van der Waals surface area contributed by atoms with Crippen LogP contribution in [0.5, 0.6) is 0 Å². The third kappa shape index (κ3) is 6.09. The Hall–Kier alpha value is -1.04. The summed E-state index contributed by atoms with van der Waals surface area (Å²) in [4.78, 5) is 0. The monoisotopic (exact) mass is 273 g/mol. The van der Waals surface area contributed by atoms with Crippen molar-refractivity contribution in [3.05, 3.63) is 34.9 Å². The van der Waals surface area contributed by atoms with Crippen molar-refractivity contribution in [3.8, 4) is 0 Å². The largest absolute Gasteiger partial charge is 0.383 e. The summed E-state index contributed by atoms with van der Waals surface area (Å²) in [5.41, 5.74) is 0.681. The Morgan fingerprint density at radius 1 is 1.05 bits per heavy atom. The molecule has 0 atom stereocenters. The molecular formula is C14H21F2NO2. The second kappa shape index (κ2) is 8.96. The predicted octanol–water partition coefficient (Wildman–Crippen LogP) is 2.07. The van der Waals surface area contributed by atoms with Gasteiger partial charge in [0, 0.05) is 20.2 Å². The summed E-state index contributed by atoms with van der Waals surface area (Å²) >= 11 is 0. The van der Waals surface area contributed by atoms with Gasteiger partial charge >= 0.3 is 0 Å². The van der Waals surface area contributed by atoms with Crippen LogP contribution in [0.25, 0.3) is 0 Å². The molecule has 1 rings (SSSR count). The van der Waals surface area contributed by atoms with Crippen LogP contribution in [0.4, 0.5) is 8.78 Å². The predicted molar refractivity (Wildman–Crippen MR) is 70.4 cm³/mol. The summed E-state index contributed by atoms with van der Waals surface area (Å²) < 4.78 is 37.0. The number of nitrogens with one attached hydrogen (secondary N) is 1. The molecule has 1 aromatic rings. The van der Waals surface area contributed by atoms with Gasteiger partial charge in [0.25, 0.3) is 0 Å². The molecule has 0 bridgehead atoms. The van der Waals surface area contributed by atoms with Crippen molar-refractivity contribution in [1.82, 2.24) is 5.32 Å². The molecule has 0 radical (unpaired) electrons. The highest BCUT2D eigenvalue weighted by atomic mass is 19.1. The van der Waals surface area contributed by atoms with E-state index in [9.17, 15) is 8.78 Å². The lowest BCUT2D eigenvalue weighted by Gasteiger charge is -2.07. The summed E-state index contributed by atoms with van der Waals surface area (Å²) in [6.45, 7) is 4.62. The maximum Gasteiger partial charge on any atom is 0.126 e. The number of hydrogen-bond acceptors (Lipinski definition) is 3. The van der Waals surface area contributed by atoms with Crippen LogP contribution in [-0.4, -0.2) is 40.0 Å². The lowest BCUT2D eigenvalue weighted by molar-refractivity contribution is 0.134. The quantitative estimate of drug-likeness (QED) is 0.699. The van der Waals surface area contributed by atoms with E-state index in [1.165, 1.54) is 12.1 Å². The molecule has 5 heteroatoms. The van der Waals surface area contributed by atoms with E-state index in [4.69, 9.17) is 9.47 Å². The lowest BCUT2D eigenvalue weighted by atomic mass is 10.1. The van der Waals surface area contributed by atoms with Crippen molar-refractivity contribution in [1.29, 1.82) is 0 Å². The molecule has 0 heterocycles. The second-order valence-electron chi connectivity index (χ2n) is 4.30. The van der Waals surface area contributed by atoms with E-state index in [1.54, 1.807) is 14.0 Å². The van der Waals surface area contributed by atoms with Crippen molar-refractivity contribution >= 4 is 0 Å². The minimum Gasteiger partial charge on any atom is -0.383 e. The van der Waals surface area contributed by atoms with Crippen LogP contribution in [-0.2, 0) is 15.9 Å². The summed E-state index contributed by atoms with van der Waals surface area (Å²) in [6.07, 6.45) is 0.376. The van der Waals surface area contributed by atoms with Gasteiger partial charge in [-0.25, -0.2) is 8.78 Å². The molecule has 0 saturated carbocycles. The van der Waals surface area contributed by atoms with Gasteiger partial charge in [-0.1, -0.05) is 0 Å². The highest BCUT2D eigenvalue weighted by Crippen LogP contribution is 2.14. The van der Waals surface area contributed by atoms with E-state index in [2.05, 4.69) is 5.32 Å². The lowest BCUT2D eigenvalue weighted by Crippen LogP contribution is -2.23. The molecule has 0 aliphatic carbocycles. The number of halogens is 2. The molecule has 1 N–H and O–H groups in total.